The lowest BCUT2D eigenvalue weighted by atomic mass is 9.69. The van der Waals surface area contributed by atoms with Gasteiger partial charge in [-0.25, -0.2) is 0 Å². The monoisotopic (exact) mass is 381 g/mol. The van der Waals surface area contributed by atoms with Gasteiger partial charge in [0.25, 0.3) is 0 Å². The van der Waals surface area contributed by atoms with E-state index in [1.807, 2.05) is 35.2 Å². The number of amides is 2. The Bertz CT molecular complexity index is 739. The summed E-state index contributed by atoms with van der Waals surface area (Å²) >= 11 is 0. The number of fused-ring (bicyclic) bond motifs is 1. The first kappa shape index (κ1) is 19.2. The number of nitrogens with zero attached hydrogens (tertiary/aromatic N) is 2. The normalized spacial score (nSPS) is 25.4. The lowest BCUT2D eigenvalue weighted by molar-refractivity contribution is -0.141. The van der Waals surface area contributed by atoms with Gasteiger partial charge in [-0.2, -0.15) is 0 Å². The van der Waals surface area contributed by atoms with Crippen molar-refractivity contribution < 1.29 is 9.59 Å². The van der Waals surface area contributed by atoms with Crippen LogP contribution in [0.2, 0.25) is 0 Å². The number of carbonyl (C=O) groups excluding carboxylic acids is 2. The molecule has 1 atom stereocenters. The average molecular weight is 382 g/mol. The Labute approximate surface area is 167 Å². The van der Waals surface area contributed by atoms with Gasteiger partial charge in [0, 0.05) is 25.2 Å². The summed E-state index contributed by atoms with van der Waals surface area (Å²) in [5.41, 5.74) is 1.51. The summed E-state index contributed by atoms with van der Waals surface area (Å²) < 4.78 is 0. The van der Waals surface area contributed by atoms with Crippen molar-refractivity contribution >= 4 is 11.8 Å². The smallest absolute Gasteiger partial charge is 0.232 e. The zero-order chi connectivity index (χ0) is 19.4. The van der Waals surface area contributed by atoms with Crippen molar-refractivity contribution in [3.8, 4) is 0 Å². The standard InChI is InChI=1S/C23H31N3O2/c27-21-11-13-23(22(28)24-14-17-25-15-6-7-16-25)12-5-4-10-20(23)26(21)18-19-8-2-1-3-9-19/h1-3,8-10H,4-7,11-18H2,(H,24,28). The molecule has 5 heteroatoms. The summed E-state index contributed by atoms with van der Waals surface area (Å²) in [6, 6.07) is 10.1. The fourth-order valence-electron chi connectivity index (χ4n) is 4.96. The van der Waals surface area contributed by atoms with Gasteiger partial charge in [0.2, 0.25) is 11.8 Å². The van der Waals surface area contributed by atoms with Crippen LogP contribution < -0.4 is 5.32 Å². The van der Waals surface area contributed by atoms with Crippen LogP contribution in [0.25, 0.3) is 0 Å². The van der Waals surface area contributed by atoms with Gasteiger partial charge in [0.15, 0.2) is 0 Å². The molecule has 3 aliphatic rings. The lowest BCUT2D eigenvalue weighted by Gasteiger charge is -2.46. The van der Waals surface area contributed by atoms with Gasteiger partial charge in [0.05, 0.1) is 12.0 Å². The number of likely N-dealkylation sites (tertiary alicyclic amines) is 2. The van der Waals surface area contributed by atoms with Gasteiger partial charge in [0.1, 0.15) is 0 Å². The minimum absolute atomic E-state index is 0.114. The van der Waals surface area contributed by atoms with Crippen LogP contribution in [0, 0.1) is 5.41 Å². The van der Waals surface area contributed by atoms with E-state index in [0.717, 1.165) is 50.2 Å². The molecule has 0 aromatic heterocycles. The molecule has 1 unspecified atom stereocenters. The van der Waals surface area contributed by atoms with E-state index in [4.69, 9.17) is 0 Å². The molecule has 150 valence electrons. The average Bonchev–Trinajstić information content (AvgIpc) is 3.24. The van der Waals surface area contributed by atoms with E-state index in [-0.39, 0.29) is 11.8 Å². The van der Waals surface area contributed by atoms with Crippen molar-refractivity contribution in [1.29, 1.82) is 0 Å². The highest BCUT2D eigenvalue weighted by Gasteiger charge is 2.49. The van der Waals surface area contributed by atoms with E-state index in [9.17, 15) is 9.59 Å². The minimum Gasteiger partial charge on any atom is -0.354 e. The Balaban J connectivity index is 1.49. The molecule has 0 saturated carbocycles. The first-order chi connectivity index (χ1) is 13.7. The van der Waals surface area contributed by atoms with Crippen LogP contribution in [0.5, 0.6) is 0 Å². The van der Waals surface area contributed by atoms with Crippen LogP contribution in [0.15, 0.2) is 42.1 Å². The number of benzene rings is 1. The van der Waals surface area contributed by atoms with Gasteiger partial charge in [-0.1, -0.05) is 36.4 Å². The topological polar surface area (TPSA) is 52.7 Å². The molecular weight excluding hydrogens is 350 g/mol. The van der Waals surface area contributed by atoms with Crippen LogP contribution in [-0.4, -0.2) is 47.8 Å². The van der Waals surface area contributed by atoms with Crippen molar-refractivity contribution in [1.82, 2.24) is 15.1 Å². The van der Waals surface area contributed by atoms with Crippen molar-refractivity contribution in [3.05, 3.63) is 47.7 Å². The van der Waals surface area contributed by atoms with Crippen molar-refractivity contribution in [2.45, 2.75) is 51.5 Å². The van der Waals surface area contributed by atoms with Crippen LogP contribution >= 0.6 is 0 Å². The molecule has 2 saturated heterocycles. The third-order valence-electron chi connectivity index (χ3n) is 6.52. The molecule has 2 aliphatic heterocycles. The maximum Gasteiger partial charge on any atom is 0.232 e. The number of piperidine rings is 1. The lowest BCUT2D eigenvalue weighted by Crippen LogP contribution is -2.53. The molecule has 0 radical (unpaired) electrons. The zero-order valence-electron chi connectivity index (χ0n) is 16.7. The van der Waals surface area contributed by atoms with Crippen LogP contribution in [0.4, 0.5) is 0 Å². The first-order valence-electron chi connectivity index (χ1n) is 10.7. The molecule has 5 nitrogen and oxygen atoms in total. The number of rotatable bonds is 6. The molecule has 2 amide bonds. The van der Waals surface area contributed by atoms with Gasteiger partial charge < -0.3 is 15.1 Å². The van der Waals surface area contributed by atoms with E-state index in [1.165, 1.54) is 12.8 Å². The second kappa shape index (κ2) is 8.48. The molecule has 0 bridgehead atoms. The van der Waals surface area contributed by atoms with Crippen molar-refractivity contribution in [2.24, 2.45) is 5.41 Å². The molecule has 1 aromatic carbocycles. The third kappa shape index (κ3) is 3.86. The molecule has 0 spiro atoms. The Morgan fingerprint density at radius 2 is 1.86 bits per heavy atom. The highest BCUT2D eigenvalue weighted by Crippen LogP contribution is 2.47. The number of hydrogen-bond acceptors (Lipinski definition) is 3. The molecule has 1 aromatic rings. The third-order valence-corrected chi connectivity index (χ3v) is 6.52. The SMILES string of the molecule is O=C1CCC2(C(=O)NCCN3CCCC3)CCCC=C2N1Cc1ccccc1. The second-order valence-corrected chi connectivity index (χ2v) is 8.33. The largest absolute Gasteiger partial charge is 0.354 e. The van der Waals surface area contributed by atoms with E-state index >= 15 is 0 Å². The number of hydrogen-bond donors (Lipinski definition) is 1. The first-order valence-corrected chi connectivity index (χ1v) is 10.7. The molecule has 28 heavy (non-hydrogen) atoms. The summed E-state index contributed by atoms with van der Waals surface area (Å²) in [4.78, 5) is 30.4. The molecular formula is C23H31N3O2. The molecule has 2 fully saturated rings. The van der Waals surface area contributed by atoms with Gasteiger partial charge in [-0.05, 0) is 57.2 Å². The molecule has 1 aliphatic carbocycles. The van der Waals surface area contributed by atoms with E-state index in [0.29, 0.717) is 25.9 Å². The fraction of sp³-hybridized carbons (Fsp3) is 0.565. The maximum absolute atomic E-state index is 13.3. The second-order valence-electron chi connectivity index (χ2n) is 8.33. The summed E-state index contributed by atoms with van der Waals surface area (Å²) in [5.74, 6) is 0.251. The van der Waals surface area contributed by atoms with Gasteiger partial charge in [-0.3, -0.25) is 9.59 Å². The predicted molar refractivity (Wildman–Crippen MR) is 109 cm³/mol. The van der Waals surface area contributed by atoms with E-state index in [1.54, 1.807) is 0 Å². The Morgan fingerprint density at radius 1 is 1.07 bits per heavy atom. The number of nitrogens with one attached hydrogen (secondary N) is 1. The molecule has 2 heterocycles. The van der Waals surface area contributed by atoms with E-state index < -0.39 is 5.41 Å². The molecule has 4 rings (SSSR count). The Morgan fingerprint density at radius 3 is 2.64 bits per heavy atom. The highest BCUT2D eigenvalue weighted by molar-refractivity contribution is 5.91. The number of carbonyl (C=O) groups is 2. The zero-order valence-corrected chi connectivity index (χ0v) is 16.7. The van der Waals surface area contributed by atoms with Gasteiger partial charge in [-0.15, -0.1) is 0 Å². The van der Waals surface area contributed by atoms with Gasteiger partial charge >= 0.3 is 0 Å². The predicted octanol–water partition coefficient (Wildman–Crippen LogP) is 3.08. The minimum atomic E-state index is -0.536. The van der Waals surface area contributed by atoms with Crippen LogP contribution in [-0.2, 0) is 16.1 Å². The van der Waals surface area contributed by atoms with E-state index in [2.05, 4.69) is 16.3 Å². The maximum atomic E-state index is 13.3. The Hall–Kier alpha value is -2.14. The Kier molecular flexibility index (Phi) is 5.81. The van der Waals surface area contributed by atoms with Crippen molar-refractivity contribution in [2.75, 3.05) is 26.2 Å². The fourth-order valence-corrected chi connectivity index (χ4v) is 4.96. The van der Waals surface area contributed by atoms with Crippen LogP contribution in [0.3, 0.4) is 0 Å². The summed E-state index contributed by atoms with van der Waals surface area (Å²) in [7, 11) is 0. The van der Waals surface area contributed by atoms with Crippen LogP contribution in [0.1, 0.15) is 50.5 Å². The summed E-state index contributed by atoms with van der Waals surface area (Å²) in [5, 5.41) is 3.21. The summed E-state index contributed by atoms with van der Waals surface area (Å²) in [6.45, 7) is 4.46. The number of allylic oxidation sites excluding steroid dienone is 1. The summed E-state index contributed by atoms with van der Waals surface area (Å²) in [6.07, 6.45) is 8.55. The van der Waals surface area contributed by atoms with Crippen molar-refractivity contribution in [3.63, 3.8) is 0 Å². The quantitative estimate of drug-likeness (QED) is 0.824. The highest BCUT2D eigenvalue weighted by atomic mass is 16.2. The molecule has 1 N–H and O–H groups in total.